The van der Waals surface area contributed by atoms with Crippen molar-refractivity contribution in [1.29, 1.82) is 5.26 Å². The molecular weight excluding hydrogens is 542 g/mol. The number of rotatable bonds is 6. The molecule has 0 saturated heterocycles. The largest absolute Gasteiger partial charge is 0.487 e. The topological polar surface area (TPSA) is 62.1 Å². The van der Waals surface area contributed by atoms with E-state index in [1.165, 1.54) is 6.08 Å². The van der Waals surface area contributed by atoms with Crippen LogP contribution in [-0.2, 0) is 4.79 Å². The minimum atomic E-state index is -0.504. The van der Waals surface area contributed by atoms with Crippen LogP contribution in [0.5, 0.6) is 5.75 Å². The minimum absolute atomic E-state index is 0.0193. The number of anilines is 1. The molecule has 0 aliphatic rings. The Morgan fingerprint density at radius 1 is 1.44 bits per heavy atom. The number of ether oxygens (including phenoxy) is 1. The van der Waals surface area contributed by atoms with E-state index in [9.17, 15) is 10.1 Å². The van der Waals surface area contributed by atoms with Crippen molar-refractivity contribution in [3.05, 3.63) is 72.8 Å². The highest BCUT2D eigenvalue weighted by Crippen LogP contribution is 2.33. The summed E-state index contributed by atoms with van der Waals surface area (Å²) in [6, 6.07) is 10.7. The van der Waals surface area contributed by atoms with Crippen molar-refractivity contribution >= 4 is 67.8 Å². The molecule has 1 amide bonds. The maximum atomic E-state index is 12.4. The third-order valence-electron chi connectivity index (χ3n) is 3.47. The van der Waals surface area contributed by atoms with Gasteiger partial charge in [0.15, 0.2) is 0 Å². The van der Waals surface area contributed by atoms with Crippen LogP contribution >= 0.6 is 50.1 Å². The van der Waals surface area contributed by atoms with Crippen molar-refractivity contribution in [2.75, 3.05) is 11.9 Å². The van der Waals surface area contributed by atoms with Gasteiger partial charge in [-0.1, -0.05) is 30.3 Å². The molecule has 0 atom stereocenters. The number of hydrogen-bond donors (Lipinski definition) is 1. The summed E-state index contributed by atoms with van der Waals surface area (Å²) in [7, 11) is 0. The quantitative estimate of drug-likeness (QED) is 0.201. The van der Waals surface area contributed by atoms with Crippen LogP contribution in [0.1, 0.15) is 11.1 Å². The van der Waals surface area contributed by atoms with Crippen molar-refractivity contribution in [3.63, 3.8) is 0 Å². The molecular formula is C20H15BrClIN2O2. The average Bonchev–Trinajstić information content (AvgIpc) is 2.62. The zero-order chi connectivity index (χ0) is 20.0. The SMILES string of the molecule is C=CCOc1c(Br)cc(/C=C(/C#N)C(=O)Nc2ccc(C)c(Cl)c2)cc1I. The van der Waals surface area contributed by atoms with E-state index in [1.807, 2.05) is 19.1 Å². The molecule has 27 heavy (non-hydrogen) atoms. The Morgan fingerprint density at radius 2 is 2.19 bits per heavy atom. The first-order chi connectivity index (χ1) is 12.8. The zero-order valence-corrected chi connectivity index (χ0v) is 18.9. The van der Waals surface area contributed by atoms with Gasteiger partial charge in [0, 0.05) is 10.7 Å². The molecule has 1 N–H and O–H groups in total. The van der Waals surface area contributed by atoms with Gasteiger partial charge in [0.05, 0.1) is 8.04 Å². The van der Waals surface area contributed by atoms with Crippen molar-refractivity contribution in [3.8, 4) is 11.8 Å². The molecule has 7 heteroatoms. The number of carbonyl (C=O) groups excluding carboxylic acids is 1. The Labute approximate surface area is 185 Å². The van der Waals surface area contributed by atoms with E-state index in [4.69, 9.17) is 16.3 Å². The van der Waals surface area contributed by atoms with Gasteiger partial charge in [-0.25, -0.2) is 0 Å². The lowest BCUT2D eigenvalue weighted by Crippen LogP contribution is -2.13. The number of halogens is 3. The molecule has 138 valence electrons. The summed E-state index contributed by atoms with van der Waals surface area (Å²) in [6.45, 7) is 5.88. The second kappa shape index (κ2) is 9.93. The fraction of sp³-hybridized carbons (Fsp3) is 0.100. The van der Waals surface area contributed by atoms with E-state index in [-0.39, 0.29) is 5.57 Å². The van der Waals surface area contributed by atoms with E-state index >= 15 is 0 Å². The highest BCUT2D eigenvalue weighted by atomic mass is 127. The summed E-state index contributed by atoms with van der Waals surface area (Å²) < 4.78 is 7.17. The van der Waals surface area contributed by atoms with Crippen LogP contribution in [0.2, 0.25) is 5.02 Å². The fourth-order valence-electron chi connectivity index (χ4n) is 2.13. The number of hydrogen-bond acceptors (Lipinski definition) is 3. The van der Waals surface area contributed by atoms with Gasteiger partial charge in [0.25, 0.3) is 5.91 Å². The molecule has 0 saturated carbocycles. The van der Waals surface area contributed by atoms with Crippen molar-refractivity contribution in [2.45, 2.75) is 6.92 Å². The van der Waals surface area contributed by atoms with E-state index < -0.39 is 5.91 Å². The minimum Gasteiger partial charge on any atom is -0.487 e. The van der Waals surface area contributed by atoms with E-state index in [2.05, 4.69) is 50.4 Å². The Bertz CT molecular complexity index is 944. The first-order valence-electron chi connectivity index (χ1n) is 7.77. The number of nitrogens with zero attached hydrogens (tertiary/aromatic N) is 1. The molecule has 2 aromatic rings. The average molecular weight is 558 g/mol. The second-order valence-electron chi connectivity index (χ2n) is 5.50. The molecule has 0 aliphatic carbocycles. The molecule has 4 nitrogen and oxygen atoms in total. The summed E-state index contributed by atoms with van der Waals surface area (Å²) in [6.07, 6.45) is 3.18. The zero-order valence-electron chi connectivity index (χ0n) is 14.4. The van der Waals surface area contributed by atoms with E-state index in [0.29, 0.717) is 28.6 Å². The Hall–Kier alpha value is -1.82. The maximum absolute atomic E-state index is 12.4. The van der Waals surface area contributed by atoms with Crippen LogP contribution in [0.15, 0.2) is 53.0 Å². The fourth-order valence-corrected chi connectivity index (χ4v) is 4.08. The molecule has 0 bridgehead atoms. The lowest BCUT2D eigenvalue weighted by atomic mass is 10.1. The van der Waals surface area contributed by atoms with Gasteiger partial charge < -0.3 is 10.1 Å². The first kappa shape index (κ1) is 21.5. The number of nitriles is 1. The normalized spacial score (nSPS) is 10.9. The predicted molar refractivity (Wildman–Crippen MR) is 121 cm³/mol. The first-order valence-corrected chi connectivity index (χ1v) is 10.0. The molecule has 0 unspecified atom stereocenters. The van der Waals surface area contributed by atoms with Crippen molar-refractivity contribution in [2.24, 2.45) is 0 Å². The van der Waals surface area contributed by atoms with Crippen molar-refractivity contribution < 1.29 is 9.53 Å². The van der Waals surface area contributed by atoms with Gasteiger partial charge in [-0.15, -0.1) is 0 Å². The highest BCUT2D eigenvalue weighted by Gasteiger charge is 2.13. The smallest absolute Gasteiger partial charge is 0.266 e. The summed E-state index contributed by atoms with van der Waals surface area (Å²) in [4.78, 5) is 12.4. The number of amides is 1. The Morgan fingerprint density at radius 3 is 2.78 bits per heavy atom. The van der Waals surface area contributed by atoms with Gasteiger partial charge in [-0.2, -0.15) is 5.26 Å². The summed E-state index contributed by atoms with van der Waals surface area (Å²) in [5.41, 5.74) is 2.12. The molecule has 0 aliphatic heterocycles. The van der Waals surface area contributed by atoms with Gasteiger partial charge in [-0.05, 0) is 86.9 Å². The standard InChI is InChI=1S/C20H15BrClIN2O2/c1-3-6-27-19-16(21)8-13(9-18(19)23)7-14(11-24)20(26)25-15-5-4-12(2)17(22)10-15/h3-5,7-10H,1,6H2,2H3,(H,25,26)/b14-7-. The summed E-state index contributed by atoms with van der Waals surface area (Å²) in [5, 5.41) is 12.6. The van der Waals surface area contributed by atoms with Gasteiger partial charge >= 0.3 is 0 Å². The lowest BCUT2D eigenvalue weighted by Gasteiger charge is -2.10. The molecule has 0 heterocycles. The lowest BCUT2D eigenvalue weighted by molar-refractivity contribution is -0.112. The Balaban J connectivity index is 2.26. The maximum Gasteiger partial charge on any atom is 0.266 e. The third kappa shape index (κ3) is 5.83. The number of carbonyl (C=O) groups is 1. The van der Waals surface area contributed by atoms with Gasteiger partial charge in [-0.3, -0.25) is 4.79 Å². The van der Waals surface area contributed by atoms with Crippen LogP contribution in [-0.4, -0.2) is 12.5 Å². The number of nitrogens with one attached hydrogen (secondary N) is 1. The molecule has 0 aromatic heterocycles. The highest BCUT2D eigenvalue weighted by molar-refractivity contribution is 14.1. The van der Waals surface area contributed by atoms with Crippen LogP contribution < -0.4 is 10.1 Å². The van der Waals surface area contributed by atoms with Gasteiger partial charge in [0.1, 0.15) is 24.0 Å². The molecule has 0 fully saturated rings. The summed E-state index contributed by atoms with van der Waals surface area (Å²) in [5.74, 6) is 0.181. The van der Waals surface area contributed by atoms with Gasteiger partial charge in [0.2, 0.25) is 0 Å². The molecule has 0 radical (unpaired) electrons. The molecule has 0 spiro atoms. The predicted octanol–water partition coefficient (Wildman–Crippen LogP) is 6.13. The van der Waals surface area contributed by atoms with Crippen molar-refractivity contribution in [1.82, 2.24) is 0 Å². The molecule has 2 rings (SSSR count). The van der Waals surface area contributed by atoms with E-state index in [0.717, 1.165) is 13.6 Å². The van der Waals surface area contributed by atoms with Crippen LogP contribution in [0.3, 0.4) is 0 Å². The monoisotopic (exact) mass is 556 g/mol. The number of benzene rings is 2. The van der Waals surface area contributed by atoms with Crippen LogP contribution in [0.25, 0.3) is 6.08 Å². The van der Waals surface area contributed by atoms with E-state index in [1.54, 1.807) is 30.3 Å². The summed E-state index contributed by atoms with van der Waals surface area (Å²) >= 11 is 11.7. The van der Waals surface area contributed by atoms with Crippen LogP contribution in [0, 0.1) is 21.8 Å². The molecule has 2 aromatic carbocycles. The Kier molecular flexibility index (Phi) is 7.90. The number of aryl methyl sites for hydroxylation is 1. The third-order valence-corrected chi connectivity index (χ3v) is 5.27. The second-order valence-corrected chi connectivity index (χ2v) is 7.92. The van der Waals surface area contributed by atoms with Crippen LogP contribution in [0.4, 0.5) is 5.69 Å².